The number of fused-ring (bicyclic) bond motifs is 1. The van der Waals surface area contributed by atoms with Crippen molar-refractivity contribution in [2.75, 3.05) is 18.1 Å². The molecule has 1 fully saturated rings. The Morgan fingerprint density at radius 1 is 1.40 bits per heavy atom. The van der Waals surface area contributed by atoms with E-state index in [9.17, 15) is 4.79 Å². The zero-order valence-electron chi connectivity index (χ0n) is 11.8. The molecule has 2 aliphatic heterocycles. The summed E-state index contributed by atoms with van der Waals surface area (Å²) >= 11 is 0. The number of ether oxygens (including phenoxy) is 2. The highest BCUT2D eigenvalue weighted by Gasteiger charge is 2.37. The Hall–Kier alpha value is -1.43. The molecule has 1 amide bonds. The number of nitrogens with zero attached hydrogens (tertiary/aromatic N) is 1. The lowest BCUT2D eigenvalue weighted by Gasteiger charge is -2.34. The lowest BCUT2D eigenvalue weighted by Crippen LogP contribution is -2.51. The molecule has 5 heteroatoms. The van der Waals surface area contributed by atoms with Crippen LogP contribution >= 0.6 is 0 Å². The number of carbonyl (C=O) groups is 1. The second-order valence-electron chi connectivity index (χ2n) is 5.84. The Kier molecular flexibility index (Phi) is 3.28. The number of para-hydroxylation sites is 1. The van der Waals surface area contributed by atoms with E-state index in [-0.39, 0.29) is 12.0 Å². The van der Waals surface area contributed by atoms with Gasteiger partial charge in [-0.3, -0.25) is 4.79 Å². The van der Waals surface area contributed by atoms with Gasteiger partial charge >= 0.3 is 0 Å². The minimum Gasteiger partial charge on any atom is -0.348 e. The van der Waals surface area contributed by atoms with Crippen molar-refractivity contribution in [3.8, 4) is 0 Å². The van der Waals surface area contributed by atoms with Gasteiger partial charge in [-0.1, -0.05) is 18.2 Å². The van der Waals surface area contributed by atoms with Crippen LogP contribution in [-0.4, -0.2) is 37.0 Å². The van der Waals surface area contributed by atoms with E-state index >= 15 is 0 Å². The van der Waals surface area contributed by atoms with Gasteiger partial charge in [-0.25, -0.2) is 0 Å². The van der Waals surface area contributed by atoms with Crippen LogP contribution in [0.1, 0.15) is 19.4 Å². The van der Waals surface area contributed by atoms with E-state index in [1.54, 1.807) is 4.90 Å². The second-order valence-corrected chi connectivity index (χ2v) is 5.84. The smallest absolute Gasteiger partial charge is 0.244 e. The van der Waals surface area contributed by atoms with Crippen molar-refractivity contribution in [2.45, 2.75) is 38.2 Å². The van der Waals surface area contributed by atoms with Gasteiger partial charge in [-0.15, -0.1) is 0 Å². The quantitative estimate of drug-likeness (QED) is 0.877. The molecule has 2 heterocycles. The SMILES string of the molecule is CC1(C)OC[C@H](CN2C(=O)[C@@H](N)Cc3ccccc32)O1. The summed E-state index contributed by atoms with van der Waals surface area (Å²) in [5.74, 6) is -0.623. The fraction of sp³-hybridized carbons (Fsp3) is 0.533. The Morgan fingerprint density at radius 3 is 2.85 bits per heavy atom. The van der Waals surface area contributed by atoms with Crippen molar-refractivity contribution in [1.82, 2.24) is 0 Å². The molecule has 108 valence electrons. The summed E-state index contributed by atoms with van der Waals surface area (Å²) in [6.45, 7) is 4.73. The van der Waals surface area contributed by atoms with Crippen molar-refractivity contribution in [3.05, 3.63) is 29.8 Å². The summed E-state index contributed by atoms with van der Waals surface area (Å²) in [6.07, 6.45) is 0.478. The summed E-state index contributed by atoms with van der Waals surface area (Å²) in [4.78, 5) is 14.1. The summed E-state index contributed by atoms with van der Waals surface area (Å²) in [6, 6.07) is 7.41. The first kappa shape index (κ1) is 13.5. The zero-order chi connectivity index (χ0) is 14.3. The lowest BCUT2D eigenvalue weighted by atomic mass is 9.97. The molecule has 0 unspecified atom stereocenters. The van der Waals surface area contributed by atoms with Crippen LogP contribution in [0.3, 0.4) is 0 Å². The Bertz CT molecular complexity index is 530. The Labute approximate surface area is 118 Å². The molecule has 1 saturated heterocycles. The topological polar surface area (TPSA) is 64.8 Å². The summed E-state index contributed by atoms with van der Waals surface area (Å²) in [5, 5.41) is 0. The molecule has 2 N–H and O–H groups in total. The molecule has 20 heavy (non-hydrogen) atoms. The van der Waals surface area contributed by atoms with E-state index in [1.165, 1.54) is 0 Å². The van der Waals surface area contributed by atoms with E-state index in [2.05, 4.69) is 0 Å². The largest absolute Gasteiger partial charge is 0.348 e. The molecule has 3 rings (SSSR count). The molecule has 0 radical (unpaired) electrons. The third kappa shape index (κ3) is 2.44. The van der Waals surface area contributed by atoms with Gasteiger partial charge < -0.3 is 20.1 Å². The van der Waals surface area contributed by atoms with Crippen LogP contribution in [0.25, 0.3) is 0 Å². The summed E-state index contributed by atoms with van der Waals surface area (Å²) < 4.78 is 11.3. The molecule has 1 aromatic carbocycles. The predicted octanol–water partition coefficient (Wildman–Crippen LogP) is 1.05. The van der Waals surface area contributed by atoms with E-state index < -0.39 is 11.8 Å². The number of hydrogen-bond acceptors (Lipinski definition) is 4. The lowest BCUT2D eigenvalue weighted by molar-refractivity contribution is -0.138. The maximum atomic E-state index is 12.3. The maximum absolute atomic E-state index is 12.3. The highest BCUT2D eigenvalue weighted by molar-refractivity contribution is 6.00. The fourth-order valence-electron chi connectivity index (χ4n) is 2.83. The number of carbonyl (C=O) groups excluding carboxylic acids is 1. The molecule has 0 aromatic heterocycles. The van der Waals surface area contributed by atoms with Crippen molar-refractivity contribution >= 4 is 11.6 Å². The normalized spacial score (nSPS) is 28.6. The van der Waals surface area contributed by atoms with Crippen molar-refractivity contribution in [1.29, 1.82) is 0 Å². The van der Waals surface area contributed by atoms with Gasteiger partial charge in [-0.2, -0.15) is 0 Å². The van der Waals surface area contributed by atoms with Crippen LogP contribution in [0.4, 0.5) is 5.69 Å². The minimum atomic E-state index is -0.578. The predicted molar refractivity (Wildman–Crippen MR) is 75.4 cm³/mol. The number of hydrogen-bond donors (Lipinski definition) is 1. The third-order valence-electron chi connectivity index (χ3n) is 3.76. The molecule has 0 spiro atoms. The third-order valence-corrected chi connectivity index (χ3v) is 3.76. The highest BCUT2D eigenvalue weighted by Crippen LogP contribution is 2.29. The molecule has 0 aliphatic carbocycles. The van der Waals surface area contributed by atoms with E-state index in [0.717, 1.165) is 11.3 Å². The molecule has 5 nitrogen and oxygen atoms in total. The number of benzene rings is 1. The van der Waals surface area contributed by atoms with Crippen LogP contribution in [0, 0.1) is 0 Å². The van der Waals surface area contributed by atoms with Gasteiger partial charge in [0.25, 0.3) is 0 Å². The fourth-order valence-corrected chi connectivity index (χ4v) is 2.83. The van der Waals surface area contributed by atoms with Gasteiger partial charge in [0.05, 0.1) is 19.2 Å². The molecular weight excluding hydrogens is 256 g/mol. The molecule has 2 atom stereocenters. The Balaban J connectivity index is 1.83. The van der Waals surface area contributed by atoms with Crippen molar-refractivity contribution < 1.29 is 14.3 Å². The number of amides is 1. The van der Waals surface area contributed by atoms with Crippen molar-refractivity contribution in [3.63, 3.8) is 0 Å². The molecule has 2 aliphatic rings. The highest BCUT2D eigenvalue weighted by atomic mass is 16.7. The van der Waals surface area contributed by atoms with Gasteiger partial charge in [0, 0.05) is 5.69 Å². The second kappa shape index (κ2) is 4.84. The average Bonchev–Trinajstić information content (AvgIpc) is 2.74. The number of anilines is 1. The zero-order valence-corrected chi connectivity index (χ0v) is 11.8. The van der Waals surface area contributed by atoms with E-state index in [1.807, 2.05) is 38.1 Å². The van der Waals surface area contributed by atoms with Gasteiger partial charge in [0.2, 0.25) is 5.91 Å². The van der Waals surface area contributed by atoms with Gasteiger partial charge in [0.15, 0.2) is 5.79 Å². The van der Waals surface area contributed by atoms with Gasteiger partial charge in [0.1, 0.15) is 6.10 Å². The van der Waals surface area contributed by atoms with Gasteiger partial charge in [-0.05, 0) is 31.9 Å². The number of nitrogens with two attached hydrogens (primary N) is 1. The van der Waals surface area contributed by atoms with E-state index in [0.29, 0.717) is 19.6 Å². The van der Waals surface area contributed by atoms with E-state index in [4.69, 9.17) is 15.2 Å². The van der Waals surface area contributed by atoms with Crippen LogP contribution in [0.5, 0.6) is 0 Å². The van der Waals surface area contributed by atoms with Crippen LogP contribution < -0.4 is 10.6 Å². The monoisotopic (exact) mass is 276 g/mol. The first-order valence-corrected chi connectivity index (χ1v) is 6.93. The van der Waals surface area contributed by atoms with Crippen molar-refractivity contribution in [2.24, 2.45) is 5.73 Å². The molecule has 0 saturated carbocycles. The molecule has 1 aromatic rings. The standard InChI is InChI=1S/C15H20N2O3/c1-15(2)19-9-11(20-15)8-17-13-6-4-3-5-10(13)7-12(16)14(17)18/h3-6,11-12H,7-9,16H2,1-2H3/t11-,12-/m0/s1. The maximum Gasteiger partial charge on any atom is 0.244 e. The Morgan fingerprint density at radius 2 is 2.15 bits per heavy atom. The summed E-state index contributed by atoms with van der Waals surface area (Å²) in [5.41, 5.74) is 7.99. The molecule has 0 bridgehead atoms. The molecular formula is C15H20N2O3. The van der Waals surface area contributed by atoms with Crippen LogP contribution in [-0.2, 0) is 20.7 Å². The minimum absolute atomic E-state index is 0.0444. The van der Waals surface area contributed by atoms with Crippen LogP contribution in [0.15, 0.2) is 24.3 Å². The first-order valence-electron chi connectivity index (χ1n) is 6.93. The first-order chi connectivity index (χ1) is 9.46. The van der Waals surface area contributed by atoms with Crippen LogP contribution in [0.2, 0.25) is 0 Å². The average molecular weight is 276 g/mol. The summed E-state index contributed by atoms with van der Waals surface area (Å²) in [7, 11) is 0. The number of rotatable bonds is 2.